The lowest BCUT2D eigenvalue weighted by molar-refractivity contribution is 0.0953. The van der Waals surface area contributed by atoms with E-state index in [-0.39, 0.29) is 5.91 Å². The van der Waals surface area contributed by atoms with Gasteiger partial charge in [0.05, 0.1) is 21.4 Å². The predicted octanol–water partition coefficient (Wildman–Crippen LogP) is 2.22. The molecule has 94 valence electrons. The lowest BCUT2D eigenvalue weighted by Gasteiger charge is -1.97. The highest BCUT2D eigenvalue weighted by molar-refractivity contribution is 7.98. The SMILES string of the molecule is NNC(=O)c1coc(CSc2ccc(Cl)cn2)c1. The molecule has 0 spiro atoms. The van der Waals surface area contributed by atoms with Crippen LogP contribution in [0.1, 0.15) is 16.1 Å². The quantitative estimate of drug-likeness (QED) is 0.389. The number of thioether (sulfide) groups is 1. The highest BCUT2D eigenvalue weighted by Gasteiger charge is 2.09. The first-order chi connectivity index (χ1) is 8.69. The first-order valence-corrected chi connectivity index (χ1v) is 6.38. The average molecular weight is 284 g/mol. The van der Waals surface area contributed by atoms with Gasteiger partial charge in [0, 0.05) is 6.20 Å². The molecular formula is C11H10ClN3O2S. The van der Waals surface area contributed by atoms with Crippen molar-refractivity contribution in [1.82, 2.24) is 10.4 Å². The van der Waals surface area contributed by atoms with Crippen molar-refractivity contribution in [3.05, 3.63) is 47.0 Å². The number of nitrogens with two attached hydrogens (primary N) is 1. The zero-order valence-corrected chi connectivity index (χ0v) is 10.8. The van der Waals surface area contributed by atoms with Crippen molar-refractivity contribution < 1.29 is 9.21 Å². The van der Waals surface area contributed by atoms with Gasteiger partial charge in [-0.15, -0.1) is 0 Å². The zero-order chi connectivity index (χ0) is 13.0. The molecule has 2 aromatic heterocycles. The summed E-state index contributed by atoms with van der Waals surface area (Å²) >= 11 is 7.22. The maximum absolute atomic E-state index is 11.2. The summed E-state index contributed by atoms with van der Waals surface area (Å²) in [5, 5.41) is 1.43. The Morgan fingerprint density at radius 2 is 2.39 bits per heavy atom. The van der Waals surface area contributed by atoms with E-state index in [0.29, 0.717) is 22.1 Å². The summed E-state index contributed by atoms with van der Waals surface area (Å²) in [5.74, 6) is 5.90. The van der Waals surface area contributed by atoms with E-state index in [9.17, 15) is 4.79 Å². The summed E-state index contributed by atoms with van der Waals surface area (Å²) in [6.07, 6.45) is 2.95. The predicted molar refractivity (Wildman–Crippen MR) is 69.2 cm³/mol. The second-order valence-electron chi connectivity index (χ2n) is 3.38. The number of rotatable bonds is 4. The third kappa shape index (κ3) is 3.25. The number of pyridine rings is 1. The highest BCUT2D eigenvalue weighted by atomic mass is 35.5. The zero-order valence-electron chi connectivity index (χ0n) is 9.22. The largest absolute Gasteiger partial charge is 0.468 e. The summed E-state index contributed by atoms with van der Waals surface area (Å²) in [6.45, 7) is 0. The number of carbonyl (C=O) groups is 1. The van der Waals surface area contributed by atoms with E-state index in [0.717, 1.165) is 5.03 Å². The number of hydrazine groups is 1. The van der Waals surface area contributed by atoms with Crippen LogP contribution in [0.15, 0.2) is 40.1 Å². The summed E-state index contributed by atoms with van der Waals surface area (Å²) < 4.78 is 5.24. The molecule has 5 nitrogen and oxygen atoms in total. The van der Waals surface area contributed by atoms with E-state index in [1.165, 1.54) is 18.0 Å². The summed E-state index contributed by atoms with van der Waals surface area (Å²) in [4.78, 5) is 15.4. The molecule has 0 radical (unpaired) electrons. The summed E-state index contributed by atoms with van der Waals surface area (Å²) in [6, 6.07) is 5.24. The van der Waals surface area contributed by atoms with Gasteiger partial charge in [-0.1, -0.05) is 23.4 Å². The van der Waals surface area contributed by atoms with Gasteiger partial charge >= 0.3 is 0 Å². The van der Waals surface area contributed by atoms with Crippen LogP contribution in [0.5, 0.6) is 0 Å². The molecule has 2 aromatic rings. The number of aromatic nitrogens is 1. The van der Waals surface area contributed by atoms with Crippen LogP contribution in [-0.2, 0) is 5.75 Å². The van der Waals surface area contributed by atoms with Gasteiger partial charge in [0.2, 0.25) is 0 Å². The standard InChI is InChI=1S/C11H10ClN3O2S/c12-8-1-2-10(14-4-8)18-6-9-3-7(5-17-9)11(16)15-13/h1-5H,6,13H2,(H,15,16). The molecule has 0 aliphatic rings. The van der Waals surface area contributed by atoms with Crippen LogP contribution in [0.2, 0.25) is 5.02 Å². The summed E-state index contributed by atoms with van der Waals surface area (Å²) in [7, 11) is 0. The first kappa shape index (κ1) is 12.9. The number of nitrogen functional groups attached to an aromatic ring is 1. The Morgan fingerprint density at radius 3 is 3.06 bits per heavy atom. The van der Waals surface area contributed by atoms with Gasteiger partial charge in [-0.3, -0.25) is 10.2 Å². The van der Waals surface area contributed by atoms with E-state index in [1.807, 2.05) is 11.5 Å². The van der Waals surface area contributed by atoms with Crippen molar-refractivity contribution in [3.63, 3.8) is 0 Å². The molecule has 3 N–H and O–H groups in total. The second-order valence-corrected chi connectivity index (χ2v) is 4.81. The Hall–Kier alpha value is -1.50. The minimum atomic E-state index is -0.375. The number of halogens is 1. The molecule has 0 fully saturated rings. The number of amides is 1. The van der Waals surface area contributed by atoms with E-state index >= 15 is 0 Å². The number of hydrogen-bond donors (Lipinski definition) is 2. The molecule has 0 aliphatic carbocycles. The maximum Gasteiger partial charge on any atom is 0.268 e. The number of carbonyl (C=O) groups excluding carboxylic acids is 1. The maximum atomic E-state index is 11.2. The van der Waals surface area contributed by atoms with Gasteiger partial charge in [0.25, 0.3) is 5.91 Å². The fourth-order valence-corrected chi connectivity index (χ4v) is 2.10. The third-order valence-corrected chi connectivity index (χ3v) is 3.30. The van der Waals surface area contributed by atoms with Crippen LogP contribution in [0.3, 0.4) is 0 Å². The van der Waals surface area contributed by atoms with Crippen LogP contribution in [0.4, 0.5) is 0 Å². The molecular weight excluding hydrogens is 274 g/mol. The molecule has 0 aromatic carbocycles. The molecule has 2 heterocycles. The molecule has 18 heavy (non-hydrogen) atoms. The van der Waals surface area contributed by atoms with Gasteiger partial charge in [-0.05, 0) is 18.2 Å². The van der Waals surface area contributed by atoms with Crippen molar-refractivity contribution in [2.45, 2.75) is 10.8 Å². The average Bonchev–Trinajstić information content (AvgIpc) is 2.86. The van der Waals surface area contributed by atoms with E-state index in [2.05, 4.69) is 4.98 Å². The lowest BCUT2D eigenvalue weighted by Crippen LogP contribution is -2.29. The van der Waals surface area contributed by atoms with Gasteiger partial charge in [0.15, 0.2) is 0 Å². The number of hydrogen-bond acceptors (Lipinski definition) is 5. The molecule has 1 amide bonds. The molecule has 0 saturated heterocycles. The number of nitrogens with zero attached hydrogens (tertiary/aromatic N) is 1. The van der Waals surface area contributed by atoms with E-state index < -0.39 is 0 Å². The lowest BCUT2D eigenvalue weighted by atomic mass is 10.3. The van der Waals surface area contributed by atoms with Crippen LogP contribution >= 0.6 is 23.4 Å². The fourth-order valence-electron chi connectivity index (χ4n) is 1.25. The van der Waals surface area contributed by atoms with E-state index in [1.54, 1.807) is 18.3 Å². The van der Waals surface area contributed by atoms with Crippen molar-refractivity contribution in [3.8, 4) is 0 Å². The van der Waals surface area contributed by atoms with Crippen molar-refractivity contribution in [2.24, 2.45) is 5.84 Å². The monoisotopic (exact) mass is 283 g/mol. The number of nitrogens with one attached hydrogen (secondary N) is 1. The van der Waals surface area contributed by atoms with E-state index in [4.69, 9.17) is 21.9 Å². The molecule has 0 unspecified atom stereocenters. The Morgan fingerprint density at radius 1 is 1.56 bits per heavy atom. The highest BCUT2D eigenvalue weighted by Crippen LogP contribution is 2.22. The Kier molecular flexibility index (Phi) is 4.24. The van der Waals surface area contributed by atoms with Crippen molar-refractivity contribution in [2.75, 3.05) is 0 Å². The Bertz CT molecular complexity index is 541. The van der Waals surface area contributed by atoms with Crippen LogP contribution in [0.25, 0.3) is 0 Å². The van der Waals surface area contributed by atoms with Crippen LogP contribution in [0, 0.1) is 0 Å². The first-order valence-electron chi connectivity index (χ1n) is 5.02. The topological polar surface area (TPSA) is 81.1 Å². The van der Waals surface area contributed by atoms with Crippen molar-refractivity contribution >= 4 is 29.3 Å². The fraction of sp³-hybridized carbons (Fsp3) is 0.0909. The summed E-state index contributed by atoms with van der Waals surface area (Å²) in [5.41, 5.74) is 2.44. The van der Waals surface area contributed by atoms with Gasteiger partial charge < -0.3 is 4.42 Å². The molecule has 0 bridgehead atoms. The normalized spacial score (nSPS) is 10.3. The molecule has 2 rings (SSSR count). The number of furan rings is 1. The van der Waals surface area contributed by atoms with Gasteiger partial charge in [0.1, 0.15) is 12.0 Å². The van der Waals surface area contributed by atoms with Crippen LogP contribution < -0.4 is 11.3 Å². The second kappa shape index (κ2) is 5.90. The third-order valence-electron chi connectivity index (χ3n) is 2.11. The minimum Gasteiger partial charge on any atom is -0.468 e. The molecule has 0 atom stereocenters. The van der Waals surface area contributed by atoms with Gasteiger partial charge in [-0.25, -0.2) is 10.8 Å². The molecule has 0 aliphatic heterocycles. The Balaban J connectivity index is 1.96. The van der Waals surface area contributed by atoms with Gasteiger partial charge in [-0.2, -0.15) is 0 Å². The van der Waals surface area contributed by atoms with Crippen LogP contribution in [-0.4, -0.2) is 10.9 Å². The Labute approximate surface area is 113 Å². The molecule has 7 heteroatoms. The minimum absolute atomic E-state index is 0.375. The van der Waals surface area contributed by atoms with Crippen molar-refractivity contribution in [1.29, 1.82) is 0 Å². The molecule has 0 saturated carbocycles. The smallest absolute Gasteiger partial charge is 0.268 e.